The molecule has 2 aliphatic rings. The molecule has 5 nitrogen and oxygen atoms in total. The minimum atomic E-state index is -0.462. The summed E-state index contributed by atoms with van der Waals surface area (Å²) in [6, 6.07) is 6.03. The number of amides is 1. The van der Waals surface area contributed by atoms with E-state index in [9.17, 15) is 9.18 Å². The molecule has 2 aliphatic heterocycles. The number of carbonyl (C=O) groups excluding carboxylic acids is 1. The normalized spacial score (nSPS) is 22.2. The van der Waals surface area contributed by atoms with Gasteiger partial charge in [-0.05, 0) is 37.1 Å². The Morgan fingerprint density at radius 1 is 1.32 bits per heavy atom. The highest BCUT2D eigenvalue weighted by Crippen LogP contribution is 2.23. The fourth-order valence-corrected chi connectivity index (χ4v) is 3.30. The topological polar surface area (TPSA) is 53.6 Å². The second-order valence-corrected chi connectivity index (χ2v) is 6.16. The van der Waals surface area contributed by atoms with E-state index < -0.39 is 6.04 Å². The Hall–Kier alpha value is -0.920. The number of halogens is 3. The lowest BCUT2D eigenvalue weighted by molar-refractivity contribution is -0.129. The maximum absolute atomic E-state index is 13.6. The molecule has 2 N–H and O–H groups in total. The number of benzene rings is 1. The van der Waals surface area contributed by atoms with Crippen LogP contribution in [0.2, 0.25) is 0 Å². The Balaban J connectivity index is 0.00000156. The Labute approximate surface area is 160 Å². The molecule has 1 amide bonds. The van der Waals surface area contributed by atoms with Gasteiger partial charge in [0.1, 0.15) is 11.9 Å². The van der Waals surface area contributed by atoms with E-state index in [2.05, 4.69) is 15.5 Å². The minimum Gasteiger partial charge on any atom is -0.379 e. The maximum atomic E-state index is 13.6. The van der Waals surface area contributed by atoms with Crippen molar-refractivity contribution in [2.75, 3.05) is 39.4 Å². The van der Waals surface area contributed by atoms with Gasteiger partial charge in [-0.15, -0.1) is 24.8 Å². The molecule has 1 unspecified atom stereocenters. The van der Waals surface area contributed by atoms with Gasteiger partial charge in [0.15, 0.2) is 0 Å². The van der Waals surface area contributed by atoms with E-state index in [1.807, 2.05) is 6.07 Å². The average molecular weight is 394 g/mol. The van der Waals surface area contributed by atoms with Crippen LogP contribution in [0.3, 0.4) is 0 Å². The van der Waals surface area contributed by atoms with Crippen LogP contribution in [0, 0.1) is 5.82 Å². The number of nitrogens with one attached hydrogen (secondary N) is 2. The summed E-state index contributed by atoms with van der Waals surface area (Å²) in [4.78, 5) is 15.0. The van der Waals surface area contributed by atoms with Gasteiger partial charge in [-0.3, -0.25) is 9.69 Å². The molecule has 142 valence electrons. The predicted octanol–water partition coefficient (Wildman–Crippen LogP) is 1.91. The molecule has 2 saturated heterocycles. The van der Waals surface area contributed by atoms with Crippen LogP contribution in [0.4, 0.5) is 4.39 Å². The molecule has 0 saturated carbocycles. The minimum absolute atomic E-state index is 0. The number of morpholine rings is 1. The molecule has 0 radical (unpaired) electrons. The second-order valence-electron chi connectivity index (χ2n) is 6.16. The van der Waals surface area contributed by atoms with Crippen LogP contribution in [0.1, 0.15) is 24.4 Å². The standard InChI is InChI=1S/C17H24FN3O2.2ClH/c18-14-4-1-3-13(11-14)16(21-7-9-23-10-8-21)17(22)20-15-5-2-6-19-12-15;;/h1,3-4,11,15-16,19H,2,5-10,12H2,(H,20,22);2*1H/t15-,16?;;/m0../s1. The van der Waals surface area contributed by atoms with Gasteiger partial charge in [0.2, 0.25) is 5.91 Å². The van der Waals surface area contributed by atoms with E-state index in [-0.39, 0.29) is 42.6 Å². The smallest absolute Gasteiger partial charge is 0.242 e. The van der Waals surface area contributed by atoms with E-state index in [1.54, 1.807) is 6.07 Å². The monoisotopic (exact) mass is 393 g/mol. The average Bonchev–Trinajstić information content (AvgIpc) is 2.57. The van der Waals surface area contributed by atoms with Crippen LogP contribution in [-0.4, -0.2) is 56.2 Å². The quantitative estimate of drug-likeness (QED) is 0.820. The summed E-state index contributed by atoms with van der Waals surface area (Å²) in [5.74, 6) is -0.362. The molecule has 1 aromatic carbocycles. The van der Waals surface area contributed by atoms with Gasteiger partial charge in [-0.1, -0.05) is 12.1 Å². The maximum Gasteiger partial charge on any atom is 0.242 e. The molecular weight excluding hydrogens is 368 g/mol. The van der Waals surface area contributed by atoms with E-state index in [0.717, 1.165) is 25.9 Å². The Morgan fingerprint density at radius 2 is 2.08 bits per heavy atom. The lowest BCUT2D eigenvalue weighted by atomic mass is 10.0. The van der Waals surface area contributed by atoms with Crippen LogP contribution in [0.25, 0.3) is 0 Å². The fourth-order valence-electron chi connectivity index (χ4n) is 3.30. The van der Waals surface area contributed by atoms with Gasteiger partial charge in [0, 0.05) is 25.7 Å². The zero-order chi connectivity index (χ0) is 16.1. The Morgan fingerprint density at radius 3 is 2.72 bits per heavy atom. The van der Waals surface area contributed by atoms with Gasteiger partial charge < -0.3 is 15.4 Å². The number of ether oxygens (including phenoxy) is 1. The number of rotatable bonds is 4. The first-order chi connectivity index (χ1) is 11.2. The van der Waals surface area contributed by atoms with Crippen molar-refractivity contribution in [1.29, 1.82) is 0 Å². The lowest BCUT2D eigenvalue weighted by Crippen LogP contribution is -2.51. The molecule has 1 aromatic rings. The molecule has 0 spiro atoms. The van der Waals surface area contributed by atoms with E-state index >= 15 is 0 Å². The molecule has 2 atom stereocenters. The van der Waals surface area contributed by atoms with Crippen molar-refractivity contribution in [2.24, 2.45) is 0 Å². The summed E-state index contributed by atoms with van der Waals surface area (Å²) in [7, 11) is 0. The molecule has 0 aromatic heterocycles. The molecule has 2 heterocycles. The third-order valence-corrected chi connectivity index (χ3v) is 4.47. The summed E-state index contributed by atoms with van der Waals surface area (Å²) < 4.78 is 19.0. The van der Waals surface area contributed by atoms with Crippen molar-refractivity contribution in [3.63, 3.8) is 0 Å². The second kappa shape index (κ2) is 10.9. The summed E-state index contributed by atoms with van der Waals surface area (Å²) >= 11 is 0. The molecule has 2 fully saturated rings. The summed E-state index contributed by atoms with van der Waals surface area (Å²) in [5.41, 5.74) is 0.702. The van der Waals surface area contributed by atoms with Gasteiger partial charge in [0.25, 0.3) is 0 Å². The fraction of sp³-hybridized carbons (Fsp3) is 0.588. The highest BCUT2D eigenvalue weighted by atomic mass is 35.5. The Kier molecular flexibility index (Phi) is 9.67. The van der Waals surface area contributed by atoms with Crippen LogP contribution in [0.5, 0.6) is 0 Å². The zero-order valence-electron chi connectivity index (χ0n) is 14.1. The third kappa shape index (κ3) is 6.08. The van der Waals surface area contributed by atoms with Crippen molar-refractivity contribution >= 4 is 30.7 Å². The molecule has 0 bridgehead atoms. The van der Waals surface area contributed by atoms with Crippen molar-refractivity contribution in [1.82, 2.24) is 15.5 Å². The number of hydrogen-bond donors (Lipinski definition) is 2. The van der Waals surface area contributed by atoms with Crippen LogP contribution in [-0.2, 0) is 9.53 Å². The van der Waals surface area contributed by atoms with Crippen molar-refractivity contribution in [3.8, 4) is 0 Å². The highest BCUT2D eigenvalue weighted by Gasteiger charge is 2.30. The number of hydrogen-bond acceptors (Lipinski definition) is 4. The molecule has 3 rings (SSSR count). The van der Waals surface area contributed by atoms with Crippen LogP contribution in [0.15, 0.2) is 24.3 Å². The summed E-state index contributed by atoms with van der Waals surface area (Å²) in [5, 5.41) is 6.43. The van der Waals surface area contributed by atoms with Gasteiger partial charge in [-0.2, -0.15) is 0 Å². The first-order valence-electron chi connectivity index (χ1n) is 8.32. The number of piperidine rings is 1. The zero-order valence-corrected chi connectivity index (χ0v) is 15.7. The van der Waals surface area contributed by atoms with Crippen molar-refractivity contribution < 1.29 is 13.9 Å². The van der Waals surface area contributed by atoms with Crippen molar-refractivity contribution in [3.05, 3.63) is 35.6 Å². The summed E-state index contributed by atoms with van der Waals surface area (Å²) in [6.07, 6.45) is 2.05. The first-order valence-corrected chi connectivity index (χ1v) is 8.32. The summed E-state index contributed by atoms with van der Waals surface area (Å²) in [6.45, 7) is 4.36. The van der Waals surface area contributed by atoms with E-state index in [0.29, 0.717) is 31.9 Å². The van der Waals surface area contributed by atoms with E-state index in [1.165, 1.54) is 12.1 Å². The first kappa shape index (κ1) is 22.1. The number of nitrogens with zero attached hydrogens (tertiary/aromatic N) is 1. The van der Waals surface area contributed by atoms with Gasteiger partial charge in [-0.25, -0.2) is 4.39 Å². The molecule has 8 heteroatoms. The van der Waals surface area contributed by atoms with Gasteiger partial charge >= 0.3 is 0 Å². The number of carbonyl (C=O) groups is 1. The molecular formula is C17H26Cl2FN3O2. The van der Waals surface area contributed by atoms with Crippen molar-refractivity contribution in [2.45, 2.75) is 24.9 Å². The van der Waals surface area contributed by atoms with Crippen LogP contribution < -0.4 is 10.6 Å². The molecule has 25 heavy (non-hydrogen) atoms. The third-order valence-electron chi connectivity index (χ3n) is 4.47. The van der Waals surface area contributed by atoms with E-state index in [4.69, 9.17) is 4.74 Å². The predicted molar refractivity (Wildman–Crippen MR) is 100 cm³/mol. The highest BCUT2D eigenvalue weighted by molar-refractivity contribution is 5.85. The molecule has 0 aliphatic carbocycles. The Bertz CT molecular complexity index is 538. The SMILES string of the molecule is Cl.Cl.O=C(N[C@H]1CCCNC1)C(c1cccc(F)c1)N1CCOCC1. The largest absolute Gasteiger partial charge is 0.379 e. The van der Waals surface area contributed by atoms with Crippen LogP contribution >= 0.6 is 24.8 Å². The van der Waals surface area contributed by atoms with Gasteiger partial charge in [0.05, 0.1) is 13.2 Å². The lowest BCUT2D eigenvalue weighted by Gasteiger charge is -2.35.